The van der Waals surface area contributed by atoms with Crippen molar-refractivity contribution in [1.29, 1.82) is 0 Å². The number of carbonyl (C=O) groups is 1. The van der Waals surface area contributed by atoms with Crippen LogP contribution in [0.1, 0.15) is 27.9 Å². The van der Waals surface area contributed by atoms with Gasteiger partial charge < -0.3 is 9.64 Å². The molecule has 4 rings (SSSR count). The van der Waals surface area contributed by atoms with Crippen LogP contribution in [0.3, 0.4) is 0 Å². The van der Waals surface area contributed by atoms with Crippen molar-refractivity contribution in [3.05, 3.63) is 59.3 Å². The molecule has 24 heavy (non-hydrogen) atoms. The number of hydrogen-bond donors (Lipinski definition) is 0. The SMILES string of the molecule is O=C(c1cccnc1OC1CCSC1)N1CCc2ccccc2C1. The Bertz CT molecular complexity index is 744. The maximum absolute atomic E-state index is 13.0. The Hall–Kier alpha value is -2.01. The van der Waals surface area contributed by atoms with Crippen molar-refractivity contribution in [2.24, 2.45) is 0 Å². The molecule has 0 saturated carbocycles. The van der Waals surface area contributed by atoms with Gasteiger partial charge >= 0.3 is 0 Å². The number of carbonyl (C=O) groups excluding carboxylic acids is 1. The zero-order valence-electron chi connectivity index (χ0n) is 13.5. The summed E-state index contributed by atoms with van der Waals surface area (Å²) in [6.45, 7) is 1.39. The second-order valence-electron chi connectivity index (χ2n) is 6.20. The number of amides is 1. The molecule has 3 heterocycles. The lowest BCUT2D eigenvalue weighted by atomic mass is 9.99. The summed E-state index contributed by atoms with van der Waals surface area (Å²) in [6, 6.07) is 12.0. The van der Waals surface area contributed by atoms with E-state index >= 15 is 0 Å². The highest BCUT2D eigenvalue weighted by atomic mass is 32.2. The summed E-state index contributed by atoms with van der Waals surface area (Å²) < 4.78 is 6.01. The number of fused-ring (bicyclic) bond motifs is 1. The molecular formula is C19H20N2O2S. The smallest absolute Gasteiger partial charge is 0.259 e. The molecule has 4 nitrogen and oxygen atoms in total. The fraction of sp³-hybridized carbons (Fsp3) is 0.368. The van der Waals surface area contributed by atoms with Crippen LogP contribution in [0.2, 0.25) is 0 Å². The first-order chi connectivity index (χ1) is 11.8. The van der Waals surface area contributed by atoms with Gasteiger partial charge in [-0.2, -0.15) is 11.8 Å². The van der Waals surface area contributed by atoms with E-state index in [1.165, 1.54) is 11.1 Å². The van der Waals surface area contributed by atoms with Crippen molar-refractivity contribution in [1.82, 2.24) is 9.88 Å². The monoisotopic (exact) mass is 340 g/mol. The van der Waals surface area contributed by atoms with Gasteiger partial charge in [-0.3, -0.25) is 4.79 Å². The van der Waals surface area contributed by atoms with Crippen LogP contribution in [0.5, 0.6) is 5.88 Å². The Morgan fingerprint density at radius 2 is 2.08 bits per heavy atom. The van der Waals surface area contributed by atoms with Crippen LogP contribution in [0, 0.1) is 0 Å². The average molecular weight is 340 g/mol. The lowest BCUT2D eigenvalue weighted by molar-refractivity contribution is 0.0726. The predicted octanol–water partition coefficient (Wildman–Crippen LogP) is 3.16. The largest absolute Gasteiger partial charge is 0.473 e. The first-order valence-electron chi connectivity index (χ1n) is 8.37. The molecule has 1 unspecified atom stereocenters. The Labute approximate surface area is 146 Å². The fourth-order valence-corrected chi connectivity index (χ4v) is 4.34. The van der Waals surface area contributed by atoms with Crippen molar-refractivity contribution in [2.75, 3.05) is 18.1 Å². The molecule has 0 bridgehead atoms. The second-order valence-corrected chi connectivity index (χ2v) is 7.35. The van der Waals surface area contributed by atoms with Crippen LogP contribution in [0.4, 0.5) is 0 Å². The number of thioether (sulfide) groups is 1. The number of hydrogen-bond acceptors (Lipinski definition) is 4. The van der Waals surface area contributed by atoms with Gasteiger partial charge in [0.1, 0.15) is 11.7 Å². The summed E-state index contributed by atoms with van der Waals surface area (Å²) in [6.07, 6.45) is 3.78. The third-order valence-electron chi connectivity index (χ3n) is 4.59. The highest BCUT2D eigenvalue weighted by Gasteiger charge is 2.26. The lowest BCUT2D eigenvalue weighted by Gasteiger charge is -2.29. The maximum atomic E-state index is 13.0. The summed E-state index contributed by atoms with van der Waals surface area (Å²) in [4.78, 5) is 19.2. The normalized spacial score (nSPS) is 19.8. The molecule has 1 aromatic carbocycles. The van der Waals surface area contributed by atoms with Gasteiger partial charge in [-0.05, 0) is 41.9 Å². The third-order valence-corrected chi connectivity index (χ3v) is 5.72. The number of nitrogens with zero attached hydrogens (tertiary/aromatic N) is 2. The highest BCUT2D eigenvalue weighted by Crippen LogP contribution is 2.26. The standard InChI is InChI=1S/C19H20N2O2S/c22-19(21-10-7-14-4-1-2-5-15(14)12-21)17-6-3-9-20-18(17)23-16-8-11-24-13-16/h1-6,9,16H,7-8,10-13H2. The van der Waals surface area contributed by atoms with E-state index in [9.17, 15) is 4.79 Å². The van der Waals surface area contributed by atoms with Gasteiger partial charge in [0, 0.05) is 25.0 Å². The van der Waals surface area contributed by atoms with E-state index < -0.39 is 0 Å². The van der Waals surface area contributed by atoms with Crippen molar-refractivity contribution < 1.29 is 9.53 Å². The number of pyridine rings is 1. The highest BCUT2D eigenvalue weighted by molar-refractivity contribution is 7.99. The average Bonchev–Trinajstić information content (AvgIpc) is 3.14. The van der Waals surface area contributed by atoms with Crippen molar-refractivity contribution >= 4 is 17.7 Å². The third kappa shape index (κ3) is 3.13. The van der Waals surface area contributed by atoms with Gasteiger partial charge in [0.2, 0.25) is 5.88 Å². The minimum Gasteiger partial charge on any atom is -0.473 e. The lowest BCUT2D eigenvalue weighted by Crippen LogP contribution is -2.36. The van der Waals surface area contributed by atoms with Crippen LogP contribution in [0.25, 0.3) is 0 Å². The molecular weight excluding hydrogens is 320 g/mol. The molecule has 1 aromatic heterocycles. The van der Waals surface area contributed by atoms with Crippen LogP contribution in [-0.4, -0.2) is 39.9 Å². The molecule has 0 aliphatic carbocycles. The van der Waals surface area contributed by atoms with Crippen molar-refractivity contribution in [3.63, 3.8) is 0 Å². The zero-order chi connectivity index (χ0) is 16.4. The molecule has 1 atom stereocenters. The van der Waals surface area contributed by atoms with E-state index in [4.69, 9.17) is 4.74 Å². The Kier molecular flexibility index (Phi) is 4.43. The first kappa shape index (κ1) is 15.5. The predicted molar refractivity (Wildman–Crippen MR) is 95.5 cm³/mol. The number of benzene rings is 1. The Morgan fingerprint density at radius 1 is 1.21 bits per heavy atom. The summed E-state index contributed by atoms with van der Waals surface area (Å²) in [5.74, 6) is 2.58. The van der Waals surface area contributed by atoms with Crippen LogP contribution < -0.4 is 4.74 Å². The van der Waals surface area contributed by atoms with E-state index in [0.29, 0.717) is 18.0 Å². The van der Waals surface area contributed by atoms with Crippen LogP contribution in [0.15, 0.2) is 42.6 Å². The first-order valence-corrected chi connectivity index (χ1v) is 9.52. The topological polar surface area (TPSA) is 42.4 Å². The van der Waals surface area contributed by atoms with Crippen LogP contribution >= 0.6 is 11.8 Å². The molecule has 0 radical (unpaired) electrons. The van der Waals surface area contributed by atoms with Gasteiger partial charge in [0.25, 0.3) is 5.91 Å². The van der Waals surface area contributed by atoms with Gasteiger partial charge in [-0.25, -0.2) is 4.98 Å². The Morgan fingerprint density at radius 3 is 2.92 bits per heavy atom. The van der Waals surface area contributed by atoms with Gasteiger partial charge in [-0.1, -0.05) is 24.3 Å². The molecule has 0 N–H and O–H groups in total. The van der Waals surface area contributed by atoms with Crippen LogP contribution in [-0.2, 0) is 13.0 Å². The molecule has 124 valence electrons. The number of rotatable bonds is 3. The molecule has 1 fully saturated rings. The van der Waals surface area contributed by atoms with Gasteiger partial charge in [0.15, 0.2) is 0 Å². The van der Waals surface area contributed by atoms with Gasteiger partial charge in [-0.15, -0.1) is 0 Å². The summed E-state index contributed by atoms with van der Waals surface area (Å²) >= 11 is 1.89. The number of ether oxygens (including phenoxy) is 1. The summed E-state index contributed by atoms with van der Waals surface area (Å²) in [5.41, 5.74) is 3.15. The van der Waals surface area contributed by atoms with E-state index in [1.807, 2.05) is 28.8 Å². The van der Waals surface area contributed by atoms with Crippen molar-refractivity contribution in [3.8, 4) is 5.88 Å². The summed E-state index contributed by atoms with van der Waals surface area (Å²) in [5, 5.41) is 0. The number of aromatic nitrogens is 1. The molecule has 0 spiro atoms. The molecule has 1 saturated heterocycles. The molecule has 2 aromatic rings. The molecule has 2 aliphatic rings. The molecule has 1 amide bonds. The van der Waals surface area contributed by atoms with E-state index in [1.54, 1.807) is 12.3 Å². The van der Waals surface area contributed by atoms with Crippen molar-refractivity contribution in [2.45, 2.75) is 25.5 Å². The van der Waals surface area contributed by atoms with E-state index in [2.05, 4.69) is 23.2 Å². The quantitative estimate of drug-likeness (QED) is 0.861. The second kappa shape index (κ2) is 6.85. The molecule has 2 aliphatic heterocycles. The fourth-order valence-electron chi connectivity index (χ4n) is 3.25. The maximum Gasteiger partial charge on any atom is 0.259 e. The minimum atomic E-state index is 0.0123. The molecule has 5 heteroatoms. The minimum absolute atomic E-state index is 0.0123. The van der Waals surface area contributed by atoms with E-state index in [-0.39, 0.29) is 12.0 Å². The van der Waals surface area contributed by atoms with E-state index in [0.717, 1.165) is 30.9 Å². The zero-order valence-corrected chi connectivity index (χ0v) is 14.3. The summed E-state index contributed by atoms with van der Waals surface area (Å²) in [7, 11) is 0. The Balaban J connectivity index is 1.54. The van der Waals surface area contributed by atoms with Gasteiger partial charge in [0.05, 0.1) is 0 Å².